The number of nitrogens with two attached hydrogens (primary N) is 1. The largest absolute Gasteiger partial charge is 0.437 e. The zero-order chi connectivity index (χ0) is 9.02. The monoisotopic (exact) mass is 160 g/mol. The number of rotatable bonds is 2. The Morgan fingerprint density at radius 3 is 2.18 bits per heavy atom. The van der Waals surface area contributed by atoms with E-state index in [1.54, 1.807) is 0 Å². The fourth-order valence-corrected chi connectivity index (χ4v) is 0.484. The highest BCUT2D eigenvalue weighted by molar-refractivity contribution is 5.82. The highest BCUT2D eigenvalue weighted by Gasteiger charge is 2.17. The lowest BCUT2D eigenvalue weighted by Crippen LogP contribution is -2.42. The molecule has 0 spiro atoms. The SMILES string of the molecule is CC(=O)OC(N)C(=O)N(C)C. The molecule has 0 radical (unpaired) electrons. The van der Waals surface area contributed by atoms with Crippen LogP contribution in [-0.2, 0) is 14.3 Å². The van der Waals surface area contributed by atoms with Crippen LogP contribution in [0.5, 0.6) is 0 Å². The van der Waals surface area contributed by atoms with Crippen LogP contribution in [0, 0.1) is 0 Å². The summed E-state index contributed by atoms with van der Waals surface area (Å²) in [5, 5.41) is 0. The van der Waals surface area contributed by atoms with Crippen LogP contribution in [-0.4, -0.2) is 37.1 Å². The van der Waals surface area contributed by atoms with Crippen LogP contribution >= 0.6 is 0 Å². The third kappa shape index (κ3) is 3.57. The van der Waals surface area contributed by atoms with Gasteiger partial charge in [-0.2, -0.15) is 0 Å². The first-order valence-electron chi connectivity index (χ1n) is 3.09. The zero-order valence-corrected chi connectivity index (χ0v) is 6.83. The fourth-order valence-electron chi connectivity index (χ4n) is 0.484. The van der Waals surface area contributed by atoms with Crippen molar-refractivity contribution < 1.29 is 14.3 Å². The maximum Gasteiger partial charge on any atom is 0.304 e. The van der Waals surface area contributed by atoms with Gasteiger partial charge in [-0.15, -0.1) is 0 Å². The number of likely N-dealkylation sites (N-methyl/N-ethyl adjacent to an activating group) is 1. The molecule has 5 nitrogen and oxygen atoms in total. The molecule has 0 aromatic carbocycles. The number of carbonyl (C=O) groups excluding carboxylic acids is 2. The molecule has 0 aliphatic heterocycles. The van der Waals surface area contributed by atoms with E-state index in [9.17, 15) is 9.59 Å². The van der Waals surface area contributed by atoms with Gasteiger partial charge < -0.3 is 9.64 Å². The molecular formula is C6H12N2O3. The van der Waals surface area contributed by atoms with Gasteiger partial charge in [-0.25, -0.2) is 0 Å². The van der Waals surface area contributed by atoms with Gasteiger partial charge in [-0.3, -0.25) is 15.3 Å². The summed E-state index contributed by atoms with van der Waals surface area (Å²) < 4.78 is 4.42. The van der Waals surface area contributed by atoms with Gasteiger partial charge in [0, 0.05) is 21.0 Å². The Morgan fingerprint density at radius 1 is 1.45 bits per heavy atom. The van der Waals surface area contributed by atoms with E-state index in [1.165, 1.54) is 25.9 Å². The number of hydrogen-bond donors (Lipinski definition) is 1. The lowest BCUT2D eigenvalue weighted by atomic mass is 10.5. The molecule has 5 heteroatoms. The standard InChI is InChI=1S/C6H12N2O3/c1-4(9)11-5(7)6(10)8(2)3/h5H,7H2,1-3H3. The van der Waals surface area contributed by atoms with Crippen LogP contribution < -0.4 is 5.73 Å². The van der Waals surface area contributed by atoms with Gasteiger partial charge in [0.2, 0.25) is 6.23 Å². The molecule has 0 saturated heterocycles. The maximum absolute atomic E-state index is 10.9. The lowest BCUT2D eigenvalue weighted by molar-refractivity contribution is -0.156. The van der Waals surface area contributed by atoms with Crippen LogP contribution in [0.3, 0.4) is 0 Å². The second-order valence-corrected chi connectivity index (χ2v) is 2.26. The third-order valence-electron chi connectivity index (χ3n) is 0.977. The molecule has 1 amide bonds. The minimum absolute atomic E-state index is 0.430. The van der Waals surface area contributed by atoms with Crippen molar-refractivity contribution in [2.75, 3.05) is 14.1 Å². The van der Waals surface area contributed by atoms with Crippen molar-refractivity contribution >= 4 is 11.9 Å². The van der Waals surface area contributed by atoms with E-state index in [-0.39, 0.29) is 0 Å². The van der Waals surface area contributed by atoms with Crippen molar-refractivity contribution in [2.24, 2.45) is 5.73 Å². The van der Waals surface area contributed by atoms with Gasteiger partial charge in [0.15, 0.2) is 0 Å². The van der Waals surface area contributed by atoms with E-state index in [0.717, 1.165) is 0 Å². The number of amides is 1. The Bertz CT molecular complexity index is 167. The average Bonchev–Trinajstić information content (AvgIpc) is 1.84. The molecule has 2 N–H and O–H groups in total. The zero-order valence-electron chi connectivity index (χ0n) is 6.83. The van der Waals surface area contributed by atoms with Crippen LogP contribution in [0.25, 0.3) is 0 Å². The molecule has 64 valence electrons. The van der Waals surface area contributed by atoms with Crippen molar-refractivity contribution in [3.63, 3.8) is 0 Å². The molecule has 11 heavy (non-hydrogen) atoms. The number of ether oxygens (including phenoxy) is 1. The summed E-state index contributed by atoms with van der Waals surface area (Å²) >= 11 is 0. The Hall–Kier alpha value is -1.10. The molecule has 1 unspecified atom stereocenters. The van der Waals surface area contributed by atoms with Crippen LogP contribution in [0.4, 0.5) is 0 Å². The van der Waals surface area contributed by atoms with Gasteiger partial charge in [-0.1, -0.05) is 0 Å². The Balaban J connectivity index is 3.93. The van der Waals surface area contributed by atoms with Crippen molar-refractivity contribution in [1.29, 1.82) is 0 Å². The molecule has 0 aliphatic carbocycles. The summed E-state index contributed by atoms with van der Waals surface area (Å²) in [5.74, 6) is -0.993. The van der Waals surface area contributed by atoms with E-state index in [0.29, 0.717) is 0 Å². The topological polar surface area (TPSA) is 72.6 Å². The molecule has 0 saturated carbocycles. The summed E-state index contributed by atoms with van der Waals surface area (Å²) in [6.45, 7) is 1.20. The summed E-state index contributed by atoms with van der Waals surface area (Å²) in [5.41, 5.74) is 5.18. The summed E-state index contributed by atoms with van der Waals surface area (Å²) in [4.78, 5) is 22.5. The average molecular weight is 160 g/mol. The summed E-state index contributed by atoms with van der Waals surface area (Å²) in [6, 6.07) is 0. The molecule has 0 bridgehead atoms. The molecule has 0 rings (SSSR count). The van der Waals surface area contributed by atoms with Gasteiger partial charge >= 0.3 is 5.97 Å². The minimum Gasteiger partial charge on any atom is -0.437 e. The molecular weight excluding hydrogens is 148 g/mol. The normalized spacial score (nSPS) is 12.0. The number of carbonyl (C=O) groups is 2. The molecule has 0 fully saturated rings. The Kier molecular flexibility index (Phi) is 3.53. The second-order valence-electron chi connectivity index (χ2n) is 2.26. The van der Waals surface area contributed by atoms with Crippen molar-refractivity contribution in [1.82, 2.24) is 4.90 Å². The second kappa shape index (κ2) is 3.92. The predicted octanol–water partition coefficient (Wildman–Crippen LogP) is -1.08. The van der Waals surface area contributed by atoms with E-state index in [2.05, 4.69) is 4.74 Å². The minimum atomic E-state index is -1.18. The maximum atomic E-state index is 10.9. The molecule has 0 heterocycles. The first-order valence-corrected chi connectivity index (χ1v) is 3.09. The first kappa shape index (κ1) is 9.90. The highest BCUT2D eigenvalue weighted by Crippen LogP contribution is 1.89. The number of hydrogen-bond acceptors (Lipinski definition) is 4. The summed E-state index contributed by atoms with van der Waals surface area (Å²) in [6.07, 6.45) is -1.18. The van der Waals surface area contributed by atoms with E-state index >= 15 is 0 Å². The predicted molar refractivity (Wildman–Crippen MR) is 38.4 cm³/mol. The van der Waals surface area contributed by atoms with E-state index < -0.39 is 18.1 Å². The van der Waals surface area contributed by atoms with Crippen molar-refractivity contribution in [3.8, 4) is 0 Å². The van der Waals surface area contributed by atoms with Gasteiger partial charge in [0.1, 0.15) is 0 Å². The Morgan fingerprint density at radius 2 is 1.91 bits per heavy atom. The van der Waals surface area contributed by atoms with Crippen LogP contribution in [0.1, 0.15) is 6.92 Å². The smallest absolute Gasteiger partial charge is 0.304 e. The molecule has 0 aromatic heterocycles. The summed E-state index contributed by atoms with van der Waals surface area (Å²) in [7, 11) is 3.07. The van der Waals surface area contributed by atoms with Gasteiger partial charge in [-0.05, 0) is 0 Å². The van der Waals surface area contributed by atoms with Crippen molar-refractivity contribution in [2.45, 2.75) is 13.2 Å². The van der Waals surface area contributed by atoms with Gasteiger partial charge in [0.25, 0.3) is 5.91 Å². The fraction of sp³-hybridized carbons (Fsp3) is 0.667. The quantitative estimate of drug-likeness (QED) is 0.412. The third-order valence-corrected chi connectivity index (χ3v) is 0.977. The molecule has 0 aliphatic rings. The Labute approximate surface area is 65.1 Å². The first-order chi connectivity index (χ1) is 4.95. The van der Waals surface area contributed by atoms with E-state index in [4.69, 9.17) is 5.73 Å². The number of nitrogens with zero attached hydrogens (tertiary/aromatic N) is 1. The van der Waals surface area contributed by atoms with Crippen LogP contribution in [0.15, 0.2) is 0 Å². The van der Waals surface area contributed by atoms with E-state index in [1.807, 2.05) is 0 Å². The lowest BCUT2D eigenvalue weighted by Gasteiger charge is -2.15. The number of esters is 1. The molecule has 1 atom stereocenters. The van der Waals surface area contributed by atoms with Gasteiger partial charge in [0.05, 0.1) is 0 Å². The van der Waals surface area contributed by atoms with Crippen LogP contribution in [0.2, 0.25) is 0 Å². The highest BCUT2D eigenvalue weighted by atomic mass is 16.6. The van der Waals surface area contributed by atoms with Crippen molar-refractivity contribution in [3.05, 3.63) is 0 Å². The molecule has 0 aromatic rings.